The van der Waals surface area contributed by atoms with Gasteiger partial charge in [-0.15, -0.1) is 13.2 Å². The van der Waals surface area contributed by atoms with Gasteiger partial charge < -0.3 is 15.4 Å². The third-order valence-electron chi connectivity index (χ3n) is 5.54. The molecule has 0 bridgehead atoms. The number of nitrogens with zero attached hydrogens (tertiary/aromatic N) is 1. The summed E-state index contributed by atoms with van der Waals surface area (Å²) in [6.07, 6.45) is -4.70. The number of ether oxygens (including phenoxy) is 1. The van der Waals surface area contributed by atoms with Gasteiger partial charge in [-0.3, -0.25) is 4.90 Å². The van der Waals surface area contributed by atoms with Gasteiger partial charge >= 0.3 is 6.36 Å². The molecule has 150 valence electrons. The number of anilines is 2. The van der Waals surface area contributed by atoms with E-state index in [0.717, 1.165) is 49.5 Å². The first-order chi connectivity index (χ1) is 13.2. The van der Waals surface area contributed by atoms with Crippen molar-refractivity contribution in [2.75, 3.05) is 31.5 Å². The Morgan fingerprint density at radius 2 is 1.75 bits per heavy atom. The average Bonchev–Trinajstić information content (AvgIpc) is 2.62. The van der Waals surface area contributed by atoms with Crippen LogP contribution in [-0.2, 0) is 12.0 Å². The molecule has 7 heteroatoms. The standard InChI is InChI=1S/C21H24F3N3O/c1-20(2)16-5-4-15(28-21(22,23)24)12-19(16)26-18-6-3-14(11-17(18)20)13-27-9-7-25-8-10-27/h3-6,11-12,25-26H,7-10,13H2,1-2H3. The van der Waals surface area contributed by atoms with Gasteiger partial charge in [-0.1, -0.05) is 32.0 Å². The molecule has 0 aliphatic carbocycles. The SMILES string of the molecule is CC1(C)c2ccc(OC(F)(F)F)cc2Nc2ccc(CN3CCNCC3)cc21. The predicted octanol–water partition coefficient (Wildman–Crippen LogP) is 4.37. The minimum absolute atomic E-state index is 0.215. The molecule has 0 aromatic heterocycles. The number of hydrogen-bond acceptors (Lipinski definition) is 4. The molecule has 0 radical (unpaired) electrons. The van der Waals surface area contributed by atoms with Crippen LogP contribution in [0.1, 0.15) is 30.5 Å². The van der Waals surface area contributed by atoms with Gasteiger partial charge in [0.25, 0.3) is 0 Å². The number of fused-ring (bicyclic) bond motifs is 2. The van der Waals surface area contributed by atoms with Crippen LogP contribution in [0.25, 0.3) is 0 Å². The molecule has 1 fully saturated rings. The summed E-state index contributed by atoms with van der Waals surface area (Å²) in [5, 5.41) is 6.64. The van der Waals surface area contributed by atoms with E-state index in [1.807, 2.05) is 6.07 Å². The fourth-order valence-electron chi connectivity index (χ4n) is 4.10. The van der Waals surface area contributed by atoms with Crippen LogP contribution in [0.4, 0.5) is 24.5 Å². The van der Waals surface area contributed by atoms with Gasteiger partial charge in [-0.25, -0.2) is 0 Å². The second-order valence-electron chi connectivity index (χ2n) is 7.91. The maximum atomic E-state index is 12.6. The van der Waals surface area contributed by atoms with Crippen LogP contribution in [0.5, 0.6) is 5.75 Å². The van der Waals surface area contributed by atoms with Crippen molar-refractivity contribution in [3.8, 4) is 5.75 Å². The molecule has 0 amide bonds. The lowest BCUT2D eigenvalue weighted by atomic mass is 9.74. The molecule has 2 aromatic carbocycles. The van der Waals surface area contributed by atoms with Crippen molar-refractivity contribution in [2.24, 2.45) is 0 Å². The number of halogens is 3. The molecule has 2 N–H and O–H groups in total. The van der Waals surface area contributed by atoms with Crippen molar-refractivity contribution in [1.29, 1.82) is 0 Å². The summed E-state index contributed by atoms with van der Waals surface area (Å²) in [7, 11) is 0. The summed E-state index contributed by atoms with van der Waals surface area (Å²) in [5.41, 5.74) is 4.59. The summed E-state index contributed by atoms with van der Waals surface area (Å²) in [4.78, 5) is 2.43. The third-order valence-corrected chi connectivity index (χ3v) is 5.54. The minimum Gasteiger partial charge on any atom is -0.406 e. The van der Waals surface area contributed by atoms with Gasteiger partial charge in [0.1, 0.15) is 5.75 Å². The predicted molar refractivity (Wildman–Crippen MR) is 103 cm³/mol. The Labute approximate surface area is 162 Å². The summed E-state index contributed by atoms with van der Waals surface area (Å²) in [6.45, 7) is 9.18. The zero-order valence-electron chi connectivity index (χ0n) is 16.0. The van der Waals surface area contributed by atoms with Crippen LogP contribution in [-0.4, -0.2) is 37.4 Å². The molecule has 0 saturated carbocycles. The van der Waals surface area contributed by atoms with Crippen LogP contribution in [0.3, 0.4) is 0 Å². The fraction of sp³-hybridized carbons (Fsp3) is 0.429. The lowest BCUT2D eigenvalue weighted by molar-refractivity contribution is -0.274. The van der Waals surface area contributed by atoms with Gasteiger partial charge in [-0.05, 0) is 28.8 Å². The number of rotatable bonds is 3. The normalized spacial score (nSPS) is 18.8. The number of piperazine rings is 1. The van der Waals surface area contributed by atoms with Gasteiger partial charge in [-0.2, -0.15) is 0 Å². The smallest absolute Gasteiger partial charge is 0.406 e. The number of benzene rings is 2. The summed E-state index contributed by atoms with van der Waals surface area (Å²) < 4.78 is 41.7. The lowest BCUT2D eigenvalue weighted by Crippen LogP contribution is -2.42. The van der Waals surface area contributed by atoms with Crippen LogP contribution < -0.4 is 15.4 Å². The molecule has 2 aromatic rings. The maximum Gasteiger partial charge on any atom is 0.573 e. The summed E-state index contributed by atoms with van der Waals surface area (Å²) >= 11 is 0. The highest BCUT2D eigenvalue weighted by Crippen LogP contribution is 2.46. The Bertz CT molecular complexity index is 874. The first-order valence-electron chi connectivity index (χ1n) is 9.46. The van der Waals surface area contributed by atoms with Gasteiger partial charge in [0.05, 0.1) is 0 Å². The van der Waals surface area contributed by atoms with Crippen LogP contribution in [0.2, 0.25) is 0 Å². The molecule has 1 saturated heterocycles. The molecule has 4 rings (SSSR count). The van der Waals surface area contributed by atoms with Crippen molar-refractivity contribution in [1.82, 2.24) is 10.2 Å². The highest BCUT2D eigenvalue weighted by molar-refractivity contribution is 5.76. The first kappa shape index (κ1) is 19.1. The molecule has 2 heterocycles. The molecular weight excluding hydrogens is 367 g/mol. The minimum atomic E-state index is -4.70. The molecule has 2 aliphatic heterocycles. The Hall–Kier alpha value is -2.25. The molecule has 0 atom stereocenters. The van der Waals surface area contributed by atoms with Crippen molar-refractivity contribution in [3.05, 3.63) is 53.1 Å². The van der Waals surface area contributed by atoms with Gasteiger partial charge in [0.15, 0.2) is 0 Å². The maximum absolute atomic E-state index is 12.6. The quantitative estimate of drug-likeness (QED) is 0.815. The van der Waals surface area contributed by atoms with Crippen molar-refractivity contribution < 1.29 is 17.9 Å². The van der Waals surface area contributed by atoms with Crippen molar-refractivity contribution >= 4 is 11.4 Å². The lowest BCUT2D eigenvalue weighted by Gasteiger charge is -2.36. The number of alkyl halides is 3. The third kappa shape index (κ3) is 3.82. The van der Waals surface area contributed by atoms with E-state index in [1.165, 1.54) is 17.7 Å². The monoisotopic (exact) mass is 391 g/mol. The van der Waals surface area contributed by atoms with Crippen LogP contribution in [0, 0.1) is 0 Å². The number of nitrogens with one attached hydrogen (secondary N) is 2. The topological polar surface area (TPSA) is 36.5 Å². The Balaban J connectivity index is 1.62. The van der Waals surface area contributed by atoms with E-state index in [9.17, 15) is 13.2 Å². The van der Waals surface area contributed by atoms with Gasteiger partial charge in [0.2, 0.25) is 0 Å². The zero-order chi connectivity index (χ0) is 19.9. The molecular formula is C21H24F3N3O. The van der Waals surface area contributed by atoms with E-state index >= 15 is 0 Å². The highest BCUT2D eigenvalue weighted by atomic mass is 19.4. The van der Waals surface area contributed by atoms with E-state index in [4.69, 9.17) is 0 Å². The van der Waals surface area contributed by atoms with E-state index in [0.29, 0.717) is 5.69 Å². The molecule has 0 unspecified atom stereocenters. The molecule has 28 heavy (non-hydrogen) atoms. The Morgan fingerprint density at radius 3 is 2.46 bits per heavy atom. The molecule has 0 spiro atoms. The fourth-order valence-corrected chi connectivity index (χ4v) is 4.10. The number of hydrogen-bond donors (Lipinski definition) is 2. The molecule has 2 aliphatic rings. The summed E-state index contributed by atoms with van der Waals surface area (Å²) in [6, 6.07) is 10.8. The van der Waals surface area contributed by atoms with Crippen molar-refractivity contribution in [2.45, 2.75) is 32.2 Å². The van der Waals surface area contributed by atoms with Gasteiger partial charge in [0, 0.05) is 55.6 Å². The second kappa shape index (κ2) is 6.97. The Kier molecular flexibility index (Phi) is 4.75. The van der Waals surface area contributed by atoms with E-state index < -0.39 is 6.36 Å². The van der Waals surface area contributed by atoms with Crippen LogP contribution >= 0.6 is 0 Å². The largest absolute Gasteiger partial charge is 0.573 e. The molecule has 4 nitrogen and oxygen atoms in total. The van der Waals surface area contributed by atoms with Crippen LogP contribution in [0.15, 0.2) is 36.4 Å². The summed E-state index contributed by atoms with van der Waals surface area (Å²) in [5.74, 6) is -0.215. The van der Waals surface area contributed by atoms with Crippen molar-refractivity contribution in [3.63, 3.8) is 0 Å². The van der Waals surface area contributed by atoms with E-state index in [-0.39, 0.29) is 11.2 Å². The first-order valence-corrected chi connectivity index (χ1v) is 9.46. The van der Waals surface area contributed by atoms with E-state index in [1.54, 1.807) is 6.07 Å². The average molecular weight is 391 g/mol. The zero-order valence-corrected chi connectivity index (χ0v) is 16.0. The second-order valence-corrected chi connectivity index (χ2v) is 7.91. The Morgan fingerprint density at radius 1 is 1.00 bits per heavy atom. The van der Waals surface area contributed by atoms with E-state index in [2.05, 4.69) is 46.3 Å². The highest BCUT2D eigenvalue weighted by Gasteiger charge is 2.35.